The van der Waals surface area contributed by atoms with E-state index in [0.29, 0.717) is 24.3 Å². The van der Waals surface area contributed by atoms with Crippen molar-refractivity contribution in [3.63, 3.8) is 0 Å². The Balaban J connectivity index is 1.20. The number of piperidine rings is 1. The molecule has 1 saturated heterocycles. The average Bonchev–Trinajstić information content (AvgIpc) is 3.60. The van der Waals surface area contributed by atoms with Gasteiger partial charge in [0.15, 0.2) is 5.82 Å². The van der Waals surface area contributed by atoms with E-state index in [1.54, 1.807) is 4.90 Å². The fourth-order valence-corrected chi connectivity index (χ4v) is 4.22. The molecule has 6 nitrogen and oxygen atoms in total. The number of rotatable bonds is 6. The molecule has 6 heteroatoms. The van der Waals surface area contributed by atoms with E-state index in [-0.39, 0.29) is 17.2 Å². The monoisotopic (exact) mass is 366 g/mol. The minimum atomic E-state index is 0.0288. The first-order valence-electron chi connectivity index (χ1n) is 10.0. The Bertz CT molecular complexity index is 830. The highest BCUT2D eigenvalue weighted by Gasteiger charge is 2.50. The quantitative estimate of drug-likeness (QED) is 0.851. The molecule has 5 rings (SSSR count). The highest BCUT2D eigenvalue weighted by Crippen LogP contribution is 2.48. The van der Waals surface area contributed by atoms with E-state index in [1.807, 2.05) is 7.05 Å². The van der Waals surface area contributed by atoms with Crippen LogP contribution in [0.4, 0.5) is 0 Å². The van der Waals surface area contributed by atoms with Gasteiger partial charge in [0.25, 0.3) is 0 Å². The summed E-state index contributed by atoms with van der Waals surface area (Å²) in [6.07, 6.45) is 4.79. The van der Waals surface area contributed by atoms with Crippen LogP contribution in [0.1, 0.15) is 61.2 Å². The minimum absolute atomic E-state index is 0.0288. The summed E-state index contributed by atoms with van der Waals surface area (Å²) in [6, 6.07) is 11.3. The minimum Gasteiger partial charge on any atom is -0.346 e. The van der Waals surface area contributed by atoms with Crippen molar-refractivity contribution < 1.29 is 9.32 Å². The van der Waals surface area contributed by atoms with Gasteiger partial charge in [-0.1, -0.05) is 35.5 Å². The summed E-state index contributed by atoms with van der Waals surface area (Å²) in [6.45, 7) is 1.67. The Morgan fingerprint density at radius 3 is 2.85 bits per heavy atom. The number of nitrogens with zero attached hydrogens (tertiary/aromatic N) is 3. The fourth-order valence-electron chi connectivity index (χ4n) is 4.22. The highest BCUT2D eigenvalue weighted by atomic mass is 16.5. The zero-order valence-electron chi connectivity index (χ0n) is 15.7. The Kier molecular flexibility index (Phi) is 4.04. The largest absolute Gasteiger partial charge is 0.346 e. The summed E-state index contributed by atoms with van der Waals surface area (Å²) in [5.41, 5.74) is 1.45. The number of hydrogen-bond donors (Lipinski definition) is 1. The zero-order valence-corrected chi connectivity index (χ0v) is 15.7. The molecule has 3 atom stereocenters. The molecule has 0 bridgehead atoms. The van der Waals surface area contributed by atoms with Gasteiger partial charge in [0.2, 0.25) is 11.8 Å². The lowest BCUT2D eigenvalue weighted by Crippen LogP contribution is -2.35. The van der Waals surface area contributed by atoms with Gasteiger partial charge < -0.3 is 14.7 Å². The Labute approximate surface area is 159 Å². The van der Waals surface area contributed by atoms with E-state index < -0.39 is 0 Å². The van der Waals surface area contributed by atoms with Crippen molar-refractivity contribution >= 4 is 5.91 Å². The molecule has 1 unspecified atom stereocenters. The van der Waals surface area contributed by atoms with Crippen LogP contribution in [-0.2, 0) is 10.2 Å². The first kappa shape index (κ1) is 16.9. The molecule has 1 aromatic heterocycles. The Morgan fingerprint density at radius 2 is 2.11 bits per heavy atom. The maximum Gasteiger partial charge on any atom is 0.230 e. The third-order valence-electron chi connectivity index (χ3n) is 6.50. The Morgan fingerprint density at radius 1 is 1.30 bits per heavy atom. The highest BCUT2D eigenvalue weighted by molar-refractivity contribution is 5.77. The smallest absolute Gasteiger partial charge is 0.230 e. The van der Waals surface area contributed by atoms with Crippen LogP contribution in [0.15, 0.2) is 34.9 Å². The number of carbonyl (C=O) groups is 1. The molecule has 0 radical (unpaired) electrons. The summed E-state index contributed by atoms with van der Waals surface area (Å²) in [5, 5.41) is 8.02. The first-order valence-corrected chi connectivity index (χ1v) is 10.0. The Hall–Kier alpha value is -2.21. The normalized spacial score (nSPS) is 29.0. The fraction of sp³-hybridized carbons (Fsp3) is 0.571. The number of likely N-dealkylation sites (tertiary alicyclic amines) is 1. The topological polar surface area (TPSA) is 71.3 Å². The van der Waals surface area contributed by atoms with Crippen LogP contribution in [0, 0.1) is 0 Å². The van der Waals surface area contributed by atoms with E-state index >= 15 is 0 Å². The number of benzene rings is 1. The molecule has 1 aliphatic heterocycles. The molecule has 142 valence electrons. The average molecular weight is 366 g/mol. The van der Waals surface area contributed by atoms with E-state index in [9.17, 15) is 4.79 Å². The lowest BCUT2D eigenvalue weighted by Gasteiger charge is -2.26. The molecule has 1 N–H and O–H groups in total. The van der Waals surface area contributed by atoms with Crippen LogP contribution >= 0.6 is 0 Å². The summed E-state index contributed by atoms with van der Waals surface area (Å²) < 4.78 is 5.57. The SMILES string of the molecule is CN1CCC(c2nc(C3(CN[C@H]4C[C@@H]4c4ccccc4)CC3)no2)CC1=O. The van der Waals surface area contributed by atoms with Crippen molar-refractivity contribution in [2.45, 2.75) is 55.4 Å². The number of aromatic nitrogens is 2. The maximum absolute atomic E-state index is 12.0. The van der Waals surface area contributed by atoms with Crippen LogP contribution in [0.2, 0.25) is 0 Å². The molecule has 27 heavy (non-hydrogen) atoms. The van der Waals surface area contributed by atoms with Crippen molar-refractivity contribution in [2.75, 3.05) is 20.1 Å². The molecule has 3 fully saturated rings. The molecule has 2 saturated carbocycles. The van der Waals surface area contributed by atoms with Gasteiger partial charge in [-0.15, -0.1) is 0 Å². The van der Waals surface area contributed by atoms with Gasteiger partial charge >= 0.3 is 0 Å². The van der Waals surface area contributed by atoms with Crippen LogP contribution in [-0.4, -0.2) is 47.1 Å². The van der Waals surface area contributed by atoms with E-state index in [4.69, 9.17) is 9.51 Å². The van der Waals surface area contributed by atoms with Gasteiger partial charge in [0.1, 0.15) is 0 Å². The molecule has 2 aliphatic carbocycles. The molecule has 1 amide bonds. The third-order valence-corrected chi connectivity index (χ3v) is 6.50. The molecular formula is C21H26N4O2. The van der Waals surface area contributed by atoms with Crippen LogP contribution in [0.25, 0.3) is 0 Å². The lowest BCUT2D eigenvalue weighted by molar-refractivity contribution is -0.132. The third kappa shape index (κ3) is 3.27. The van der Waals surface area contributed by atoms with Crippen LogP contribution in [0.5, 0.6) is 0 Å². The number of hydrogen-bond acceptors (Lipinski definition) is 5. The predicted molar refractivity (Wildman–Crippen MR) is 100 cm³/mol. The van der Waals surface area contributed by atoms with E-state index in [1.165, 1.54) is 12.0 Å². The standard InChI is InChI=1S/C21H26N4O2/c1-25-10-7-15(11-18(25)26)19-23-20(24-27-19)21(8-9-21)13-22-17-12-16(17)14-5-3-2-4-6-14/h2-6,15-17,22H,7-13H2,1H3/t15?,16-,17+/m1/s1. The van der Waals surface area contributed by atoms with Crippen molar-refractivity contribution in [1.29, 1.82) is 0 Å². The van der Waals surface area contributed by atoms with Gasteiger partial charge in [-0.05, 0) is 31.2 Å². The van der Waals surface area contributed by atoms with Crippen molar-refractivity contribution in [2.24, 2.45) is 0 Å². The summed E-state index contributed by atoms with van der Waals surface area (Å²) in [4.78, 5) is 18.4. The predicted octanol–water partition coefficient (Wildman–Crippen LogP) is 2.58. The summed E-state index contributed by atoms with van der Waals surface area (Å²) >= 11 is 0. The van der Waals surface area contributed by atoms with Gasteiger partial charge in [0, 0.05) is 49.9 Å². The van der Waals surface area contributed by atoms with Crippen molar-refractivity contribution in [3.8, 4) is 0 Å². The van der Waals surface area contributed by atoms with Gasteiger partial charge in [-0.25, -0.2) is 0 Å². The number of nitrogens with one attached hydrogen (secondary N) is 1. The molecular weight excluding hydrogens is 340 g/mol. The zero-order chi connectivity index (χ0) is 18.4. The van der Waals surface area contributed by atoms with E-state index in [2.05, 4.69) is 40.8 Å². The first-order chi connectivity index (χ1) is 13.1. The van der Waals surface area contributed by atoms with Gasteiger partial charge in [0.05, 0.1) is 0 Å². The molecule has 2 aromatic rings. The second-order valence-electron chi connectivity index (χ2n) is 8.48. The second kappa shape index (κ2) is 6.44. The lowest BCUT2D eigenvalue weighted by atomic mass is 9.96. The van der Waals surface area contributed by atoms with Crippen molar-refractivity contribution in [1.82, 2.24) is 20.4 Å². The van der Waals surface area contributed by atoms with Gasteiger partial charge in [-0.3, -0.25) is 4.79 Å². The van der Waals surface area contributed by atoms with Crippen molar-refractivity contribution in [3.05, 3.63) is 47.6 Å². The van der Waals surface area contributed by atoms with Crippen LogP contribution in [0.3, 0.4) is 0 Å². The second-order valence-corrected chi connectivity index (χ2v) is 8.48. The maximum atomic E-state index is 12.0. The molecule has 0 spiro atoms. The molecule has 2 heterocycles. The number of carbonyl (C=O) groups excluding carboxylic acids is 1. The summed E-state index contributed by atoms with van der Waals surface area (Å²) in [7, 11) is 1.85. The van der Waals surface area contributed by atoms with E-state index in [0.717, 1.165) is 38.2 Å². The van der Waals surface area contributed by atoms with Gasteiger partial charge in [-0.2, -0.15) is 4.98 Å². The number of amides is 1. The van der Waals surface area contributed by atoms with Crippen LogP contribution < -0.4 is 5.32 Å². The molecule has 3 aliphatic rings. The molecule has 1 aromatic carbocycles. The summed E-state index contributed by atoms with van der Waals surface area (Å²) in [5.74, 6) is 2.34.